The smallest absolute Gasteiger partial charge is 0.225 e. The van der Waals surface area contributed by atoms with Crippen molar-refractivity contribution in [3.05, 3.63) is 18.0 Å². The standard InChI is InChI=1S/C11H16ClN3O/c1-2-10-8-16-4-3-15(10)11-13-6-9(5-12)7-14-11/h6-7,10H,2-5,8H2,1H3. The number of morpholine rings is 1. The topological polar surface area (TPSA) is 38.2 Å². The summed E-state index contributed by atoms with van der Waals surface area (Å²) in [6, 6.07) is 0.385. The first-order valence-electron chi connectivity index (χ1n) is 5.56. The number of anilines is 1. The molecule has 5 heteroatoms. The van der Waals surface area contributed by atoms with Crippen molar-refractivity contribution in [2.45, 2.75) is 25.3 Å². The number of aromatic nitrogens is 2. The highest BCUT2D eigenvalue weighted by atomic mass is 35.5. The fraction of sp³-hybridized carbons (Fsp3) is 0.636. The average molecular weight is 242 g/mol. The van der Waals surface area contributed by atoms with Crippen molar-refractivity contribution >= 4 is 17.5 Å². The second kappa shape index (κ2) is 5.46. The molecule has 0 aromatic carbocycles. The Bertz CT molecular complexity index is 331. The van der Waals surface area contributed by atoms with Gasteiger partial charge in [-0.1, -0.05) is 6.92 Å². The Balaban J connectivity index is 2.14. The zero-order valence-corrected chi connectivity index (χ0v) is 10.2. The van der Waals surface area contributed by atoms with Crippen molar-refractivity contribution in [3.63, 3.8) is 0 Å². The van der Waals surface area contributed by atoms with Crippen LogP contribution in [0.25, 0.3) is 0 Å². The molecule has 88 valence electrons. The van der Waals surface area contributed by atoms with Crippen LogP contribution in [0.15, 0.2) is 12.4 Å². The van der Waals surface area contributed by atoms with E-state index in [1.807, 2.05) is 0 Å². The molecule has 1 aliphatic heterocycles. The average Bonchev–Trinajstić information content (AvgIpc) is 2.39. The van der Waals surface area contributed by atoms with Crippen molar-refractivity contribution in [2.24, 2.45) is 0 Å². The van der Waals surface area contributed by atoms with Crippen molar-refractivity contribution in [3.8, 4) is 0 Å². The first-order valence-corrected chi connectivity index (χ1v) is 6.10. The SMILES string of the molecule is CCC1COCCN1c1ncc(CCl)cn1. The van der Waals surface area contributed by atoms with Gasteiger partial charge in [-0.25, -0.2) is 9.97 Å². The number of rotatable bonds is 3. The molecule has 1 aromatic heterocycles. The van der Waals surface area contributed by atoms with Gasteiger partial charge in [0.25, 0.3) is 0 Å². The first-order chi connectivity index (χ1) is 7.85. The number of hydrogen-bond donors (Lipinski definition) is 0. The van der Waals surface area contributed by atoms with Gasteiger partial charge >= 0.3 is 0 Å². The molecule has 1 aliphatic rings. The summed E-state index contributed by atoms with van der Waals surface area (Å²) in [6.45, 7) is 4.52. The summed E-state index contributed by atoms with van der Waals surface area (Å²) >= 11 is 5.71. The number of hydrogen-bond acceptors (Lipinski definition) is 4. The van der Waals surface area contributed by atoms with E-state index in [0.717, 1.165) is 37.7 Å². The molecule has 1 atom stereocenters. The Kier molecular flexibility index (Phi) is 3.96. The molecular formula is C11H16ClN3O. The lowest BCUT2D eigenvalue weighted by Crippen LogP contribution is -2.46. The highest BCUT2D eigenvalue weighted by Gasteiger charge is 2.23. The van der Waals surface area contributed by atoms with E-state index >= 15 is 0 Å². The molecule has 1 unspecified atom stereocenters. The van der Waals surface area contributed by atoms with Gasteiger partial charge in [0, 0.05) is 24.5 Å². The van der Waals surface area contributed by atoms with Gasteiger partial charge in [0.2, 0.25) is 5.95 Å². The Hall–Kier alpha value is -0.870. The molecule has 2 heterocycles. The summed E-state index contributed by atoms with van der Waals surface area (Å²) in [5, 5.41) is 0. The monoisotopic (exact) mass is 241 g/mol. The number of nitrogens with zero attached hydrogens (tertiary/aromatic N) is 3. The van der Waals surface area contributed by atoms with Crippen molar-refractivity contribution in [1.82, 2.24) is 9.97 Å². The molecule has 0 spiro atoms. The van der Waals surface area contributed by atoms with Crippen LogP contribution in [0.2, 0.25) is 0 Å². The zero-order valence-electron chi connectivity index (χ0n) is 9.40. The van der Waals surface area contributed by atoms with Gasteiger partial charge in [0.05, 0.1) is 25.1 Å². The quantitative estimate of drug-likeness (QED) is 0.757. The van der Waals surface area contributed by atoms with E-state index in [0.29, 0.717) is 11.9 Å². The Labute approximate surface area is 101 Å². The lowest BCUT2D eigenvalue weighted by Gasteiger charge is -2.34. The highest BCUT2D eigenvalue weighted by Crippen LogP contribution is 2.17. The van der Waals surface area contributed by atoms with Crippen molar-refractivity contribution in [1.29, 1.82) is 0 Å². The summed E-state index contributed by atoms with van der Waals surface area (Å²) in [5.74, 6) is 1.24. The lowest BCUT2D eigenvalue weighted by molar-refractivity contribution is 0.0921. The fourth-order valence-corrected chi connectivity index (χ4v) is 1.96. The van der Waals surface area contributed by atoms with Crippen LogP contribution < -0.4 is 4.90 Å². The van der Waals surface area contributed by atoms with E-state index < -0.39 is 0 Å². The summed E-state index contributed by atoms with van der Waals surface area (Å²) in [5.41, 5.74) is 0.951. The van der Waals surface area contributed by atoms with Crippen molar-refractivity contribution < 1.29 is 4.74 Å². The van der Waals surface area contributed by atoms with E-state index in [4.69, 9.17) is 16.3 Å². The van der Waals surface area contributed by atoms with Crippen LogP contribution in [-0.2, 0) is 10.6 Å². The second-order valence-corrected chi connectivity index (χ2v) is 4.12. The Morgan fingerprint density at radius 2 is 2.25 bits per heavy atom. The first kappa shape index (κ1) is 11.6. The minimum absolute atomic E-state index is 0.385. The molecule has 1 aromatic rings. The third kappa shape index (κ3) is 2.44. The molecule has 16 heavy (non-hydrogen) atoms. The minimum atomic E-state index is 0.385. The van der Waals surface area contributed by atoms with Gasteiger partial charge in [-0.2, -0.15) is 0 Å². The van der Waals surface area contributed by atoms with Gasteiger partial charge < -0.3 is 9.64 Å². The van der Waals surface area contributed by atoms with Crippen LogP contribution in [-0.4, -0.2) is 35.8 Å². The normalized spacial score (nSPS) is 21.1. The summed E-state index contributed by atoms with van der Waals surface area (Å²) in [6.07, 6.45) is 4.62. The third-order valence-corrected chi connectivity index (χ3v) is 3.11. The minimum Gasteiger partial charge on any atom is -0.377 e. The number of ether oxygens (including phenoxy) is 1. The van der Waals surface area contributed by atoms with E-state index in [-0.39, 0.29) is 0 Å². The van der Waals surface area contributed by atoms with Crippen LogP contribution in [0.5, 0.6) is 0 Å². The molecule has 1 saturated heterocycles. The number of halogens is 1. The predicted molar refractivity (Wildman–Crippen MR) is 63.8 cm³/mol. The number of alkyl halides is 1. The highest BCUT2D eigenvalue weighted by molar-refractivity contribution is 6.17. The summed E-state index contributed by atoms with van der Waals surface area (Å²) < 4.78 is 5.45. The van der Waals surface area contributed by atoms with Crippen molar-refractivity contribution in [2.75, 3.05) is 24.7 Å². The molecule has 1 fully saturated rings. The second-order valence-electron chi connectivity index (χ2n) is 3.86. The molecular weight excluding hydrogens is 226 g/mol. The van der Waals surface area contributed by atoms with Gasteiger partial charge in [-0.15, -0.1) is 11.6 Å². The Morgan fingerprint density at radius 3 is 2.88 bits per heavy atom. The Morgan fingerprint density at radius 1 is 1.50 bits per heavy atom. The molecule has 0 radical (unpaired) electrons. The summed E-state index contributed by atoms with van der Waals surface area (Å²) in [7, 11) is 0. The maximum Gasteiger partial charge on any atom is 0.225 e. The van der Waals surface area contributed by atoms with Gasteiger partial charge in [-0.05, 0) is 6.42 Å². The fourth-order valence-electron chi connectivity index (χ4n) is 1.82. The lowest BCUT2D eigenvalue weighted by atomic mass is 10.2. The molecule has 0 N–H and O–H groups in total. The molecule has 0 bridgehead atoms. The van der Waals surface area contributed by atoms with E-state index in [1.165, 1.54) is 0 Å². The maximum atomic E-state index is 5.71. The molecule has 0 aliphatic carbocycles. The van der Waals surface area contributed by atoms with Crippen LogP contribution in [0, 0.1) is 0 Å². The largest absolute Gasteiger partial charge is 0.377 e. The zero-order chi connectivity index (χ0) is 11.4. The van der Waals surface area contributed by atoms with E-state index in [9.17, 15) is 0 Å². The van der Waals surface area contributed by atoms with Gasteiger partial charge in [0.1, 0.15) is 0 Å². The van der Waals surface area contributed by atoms with Crippen LogP contribution >= 0.6 is 11.6 Å². The maximum absolute atomic E-state index is 5.71. The third-order valence-electron chi connectivity index (χ3n) is 2.80. The summed E-state index contributed by atoms with van der Waals surface area (Å²) in [4.78, 5) is 10.9. The van der Waals surface area contributed by atoms with Gasteiger partial charge in [-0.3, -0.25) is 0 Å². The molecule has 0 amide bonds. The molecule has 2 rings (SSSR count). The van der Waals surface area contributed by atoms with E-state index in [2.05, 4.69) is 21.8 Å². The predicted octanol–water partition coefficient (Wildman–Crippen LogP) is 1.83. The molecule has 0 saturated carbocycles. The molecule has 4 nitrogen and oxygen atoms in total. The van der Waals surface area contributed by atoms with Crippen LogP contribution in [0.4, 0.5) is 5.95 Å². The van der Waals surface area contributed by atoms with Gasteiger partial charge in [0.15, 0.2) is 0 Å². The van der Waals surface area contributed by atoms with Crippen LogP contribution in [0.1, 0.15) is 18.9 Å². The van der Waals surface area contributed by atoms with Crippen LogP contribution in [0.3, 0.4) is 0 Å². The van der Waals surface area contributed by atoms with E-state index in [1.54, 1.807) is 12.4 Å².